The standard InChI is InChI=1S/C13H15N3O2.C7H8O3S/c1-15-7-8-16(2)13(15)10-18-12-5-3-11(4-6-12)9-14-17;1-6-2-4-7(5-3-6)11(8,9)10/h3-9H,10H2,1-2H3;2-5H,1H3,(H,8,9,10)/b14-9-;. The normalized spacial score (nSPS) is 11.2. The summed E-state index contributed by atoms with van der Waals surface area (Å²) < 4.78 is 40.9. The molecule has 3 rings (SSSR count). The van der Waals surface area contributed by atoms with E-state index in [0.29, 0.717) is 6.61 Å². The number of aromatic nitrogens is 2. The second-order valence-electron chi connectivity index (χ2n) is 6.31. The Balaban J connectivity index is 0.000000234. The topological polar surface area (TPSA) is 108 Å². The molecule has 0 aliphatic rings. The molecule has 0 saturated heterocycles. The van der Waals surface area contributed by atoms with Crippen LogP contribution in [0, 0.1) is 6.92 Å². The molecule has 0 saturated carbocycles. The maximum atomic E-state index is 10.4. The van der Waals surface area contributed by atoms with Crippen molar-refractivity contribution in [2.24, 2.45) is 19.3 Å². The number of oxime groups is 1. The Bertz CT molecular complexity index is 1040. The van der Waals surface area contributed by atoms with Gasteiger partial charge in [0.25, 0.3) is 5.82 Å². The van der Waals surface area contributed by atoms with Gasteiger partial charge in [-0.2, -0.15) is 0 Å². The van der Waals surface area contributed by atoms with Crippen molar-refractivity contribution in [3.8, 4) is 5.75 Å². The zero-order chi connectivity index (χ0) is 21.4. The highest BCUT2D eigenvalue weighted by atomic mass is 32.2. The molecular weight excluding hydrogens is 394 g/mol. The van der Waals surface area contributed by atoms with Crippen molar-refractivity contribution in [3.63, 3.8) is 0 Å². The molecule has 0 spiro atoms. The van der Waals surface area contributed by atoms with Crippen molar-refractivity contribution in [2.45, 2.75) is 18.4 Å². The van der Waals surface area contributed by atoms with E-state index in [2.05, 4.69) is 5.16 Å². The maximum absolute atomic E-state index is 10.4. The van der Waals surface area contributed by atoms with Crippen LogP contribution in [0.4, 0.5) is 0 Å². The fourth-order valence-electron chi connectivity index (χ4n) is 2.39. The Morgan fingerprint density at radius 3 is 2.28 bits per heavy atom. The Kier molecular flexibility index (Phi) is 7.52. The molecule has 0 aliphatic heterocycles. The van der Waals surface area contributed by atoms with Gasteiger partial charge in [-0.1, -0.05) is 22.9 Å². The lowest BCUT2D eigenvalue weighted by atomic mass is 10.2. The average Bonchev–Trinajstić information content (AvgIpc) is 2.99. The minimum Gasteiger partial charge on any atom is -0.744 e. The maximum Gasteiger partial charge on any atom is 0.294 e. The number of nitrogens with zero attached hydrogens (tertiary/aromatic N) is 3. The summed E-state index contributed by atoms with van der Waals surface area (Å²) in [6.07, 6.45) is 5.35. The highest BCUT2D eigenvalue weighted by Gasteiger charge is 2.11. The van der Waals surface area contributed by atoms with E-state index in [1.54, 1.807) is 12.1 Å². The second kappa shape index (κ2) is 9.85. The van der Waals surface area contributed by atoms with E-state index < -0.39 is 10.1 Å². The molecular formula is C20H23N3O5S. The third-order valence-electron chi connectivity index (χ3n) is 4.09. The van der Waals surface area contributed by atoms with Crippen LogP contribution in [0.25, 0.3) is 0 Å². The second-order valence-corrected chi connectivity index (χ2v) is 7.69. The molecule has 3 aromatic rings. The summed E-state index contributed by atoms with van der Waals surface area (Å²) in [5.74, 6) is 1.86. The molecule has 2 aromatic carbocycles. The number of benzene rings is 2. The van der Waals surface area contributed by atoms with Gasteiger partial charge >= 0.3 is 0 Å². The van der Waals surface area contributed by atoms with Crippen LogP contribution < -0.4 is 9.30 Å². The van der Waals surface area contributed by atoms with E-state index in [9.17, 15) is 13.0 Å². The molecule has 154 valence electrons. The van der Waals surface area contributed by atoms with E-state index in [4.69, 9.17) is 9.94 Å². The van der Waals surface area contributed by atoms with Crippen molar-refractivity contribution in [3.05, 3.63) is 77.9 Å². The Labute approximate surface area is 170 Å². The predicted molar refractivity (Wildman–Crippen MR) is 106 cm³/mol. The molecule has 0 amide bonds. The quantitative estimate of drug-likeness (QED) is 0.225. The van der Waals surface area contributed by atoms with Crippen LogP contribution in [0.5, 0.6) is 5.75 Å². The summed E-state index contributed by atoms with van der Waals surface area (Å²) in [4.78, 5) is -0.178. The third kappa shape index (κ3) is 6.74. The highest BCUT2D eigenvalue weighted by Crippen LogP contribution is 2.12. The minimum absolute atomic E-state index is 0.178. The van der Waals surface area contributed by atoms with E-state index >= 15 is 0 Å². The van der Waals surface area contributed by atoms with Crippen LogP contribution in [-0.4, -0.2) is 29.0 Å². The first-order valence-electron chi connectivity index (χ1n) is 8.63. The summed E-state index contributed by atoms with van der Waals surface area (Å²) in [7, 11) is -0.298. The average molecular weight is 417 g/mol. The number of hydrogen-bond donors (Lipinski definition) is 1. The van der Waals surface area contributed by atoms with E-state index in [1.807, 2.05) is 66.8 Å². The zero-order valence-electron chi connectivity index (χ0n) is 16.4. The minimum atomic E-state index is -4.27. The number of hydrogen-bond acceptors (Lipinski definition) is 6. The summed E-state index contributed by atoms with van der Waals surface area (Å²) in [6, 6.07) is 13.1. The fourth-order valence-corrected chi connectivity index (χ4v) is 2.86. The first-order chi connectivity index (χ1) is 13.7. The largest absolute Gasteiger partial charge is 0.744 e. The van der Waals surface area contributed by atoms with E-state index in [1.165, 1.54) is 18.3 Å². The molecule has 1 N–H and O–H groups in total. The monoisotopic (exact) mass is 417 g/mol. The predicted octanol–water partition coefficient (Wildman–Crippen LogP) is 2.14. The molecule has 9 heteroatoms. The lowest BCUT2D eigenvalue weighted by molar-refractivity contribution is -0.680. The Hall–Kier alpha value is -3.17. The lowest BCUT2D eigenvalue weighted by Crippen LogP contribution is -2.32. The van der Waals surface area contributed by atoms with Crippen LogP contribution >= 0.6 is 0 Å². The highest BCUT2D eigenvalue weighted by molar-refractivity contribution is 7.85. The van der Waals surface area contributed by atoms with Gasteiger partial charge in [0.1, 0.15) is 28.3 Å². The smallest absolute Gasteiger partial charge is 0.294 e. The van der Waals surface area contributed by atoms with Gasteiger partial charge in [-0.25, -0.2) is 17.6 Å². The lowest BCUT2D eigenvalue weighted by Gasteiger charge is -2.05. The van der Waals surface area contributed by atoms with E-state index in [0.717, 1.165) is 22.7 Å². The van der Waals surface area contributed by atoms with Crippen molar-refractivity contribution in [1.82, 2.24) is 4.57 Å². The van der Waals surface area contributed by atoms with Crippen molar-refractivity contribution >= 4 is 16.3 Å². The number of rotatable bonds is 5. The number of imidazole rings is 1. The van der Waals surface area contributed by atoms with Gasteiger partial charge in [-0.15, -0.1) is 0 Å². The van der Waals surface area contributed by atoms with Crippen LogP contribution in [0.1, 0.15) is 17.0 Å². The first-order valence-corrected chi connectivity index (χ1v) is 10.0. The van der Waals surface area contributed by atoms with Crippen molar-refractivity contribution < 1.29 is 27.5 Å². The zero-order valence-corrected chi connectivity index (χ0v) is 17.2. The van der Waals surface area contributed by atoms with Crippen molar-refractivity contribution in [2.75, 3.05) is 0 Å². The van der Waals surface area contributed by atoms with Gasteiger partial charge in [-0.05, 0) is 48.9 Å². The van der Waals surface area contributed by atoms with Gasteiger partial charge in [0.15, 0.2) is 6.61 Å². The summed E-state index contributed by atoms with van der Waals surface area (Å²) in [6.45, 7) is 2.33. The Morgan fingerprint density at radius 1 is 1.17 bits per heavy atom. The molecule has 1 aromatic heterocycles. The van der Waals surface area contributed by atoms with Crippen LogP contribution in [-0.2, 0) is 30.8 Å². The van der Waals surface area contributed by atoms with Gasteiger partial charge in [0.2, 0.25) is 0 Å². The molecule has 0 fully saturated rings. The number of aryl methyl sites for hydroxylation is 3. The molecule has 0 radical (unpaired) electrons. The molecule has 0 aliphatic carbocycles. The third-order valence-corrected chi connectivity index (χ3v) is 4.94. The van der Waals surface area contributed by atoms with Gasteiger partial charge in [0.05, 0.1) is 25.2 Å². The SMILES string of the molecule is Cc1ccc(S(=O)(=O)[O-])cc1.Cn1cc[n+](C)c1COc1ccc(/C=N\O)cc1. The van der Waals surface area contributed by atoms with Crippen molar-refractivity contribution in [1.29, 1.82) is 0 Å². The van der Waals surface area contributed by atoms with Crippen LogP contribution in [0.15, 0.2) is 71.0 Å². The van der Waals surface area contributed by atoms with Crippen LogP contribution in [0.3, 0.4) is 0 Å². The molecule has 1 heterocycles. The first kappa shape index (κ1) is 22.1. The van der Waals surface area contributed by atoms with Gasteiger partial charge in [-0.3, -0.25) is 0 Å². The molecule has 0 bridgehead atoms. The summed E-state index contributed by atoms with van der Waals surface area (Å²) in [5.41, 5.74) is 1.76. The summed E-state index contributed by atoms with van der Waals surface area (Å²) in [5, 5.41) is 11.4. The molecule has 29 heavy (non-hydrogen) atoms. The van der Waals surface area contributed by atoms with E-state index in [-0.39, 0.29) is 4.90 Å². The number of ether oxygens (including phenoxy) is 1. The molecule has 8 nitrogen and oxygen atoms in total. The van der Waals surface area contributed by atoms with Gasteiger partial charge in [0, 0.05) is 0 Å². The molecule has 0 atom stereocenters. The van der Waals surface area contributed by atoms with Gasteiger partial charge < -0.3 is 14.5 Å². The molecule has 0 unspecified atom stereocenters. The van der Waals surface area contributed by atoms with Crippen LogP contribution in [0.2, 0.25) is 0 Å². The Morgan fingerprint density at radius 2 is 1.79 bits per heavy atom. The fraction of sp³-hybridized carbons (Fsp3) is 0.200. The summed E-state index contributed by atoms with van der Waals surface area (Å²) >= 11 is 0.